The minimum atomic E-state index is -0.450. The van der Waals surface area contributed by atoms with E-state index in [1.54, 1.807) is 7.11 Å². The van der Waals surface area contributed by atoms with Gasteiger partial charge in [-0.05, 0) is 54.7 Å². The maximum Gasteiger partial charge on any atom is 0.336 e. The SMILES string of the molecule is COC(=O)C1=C(C)NC2=C(C(=O)C[C@H](c3ccc(OC)cc3)C2)[C@H]1c1ccc(N(C)C)cc1. The first-order valence-corrected chi connectivity index (χ1v) is 11.1. The summed E-state index contributed by atoms with van der Waals surface area (Å²) < 4.78 is 10.4. The third-order valence-corrected chi connectivity index (χ3v) is 6.56. The molecule has 0 aromatic heterocycles. The number of carbonyl (C=O) groups is 2. The third-order valence-electron chi connectivity index (χ3n) is 6.56. The number of allylic oxidation sites excluding steroid dienone is 3. The summed E-state index contributed by atoms with van der Waals surface area (Å²) in [4.78, 5) is 28.4. The second-order valence-electron chi connectivity index (χ2n) is 8.77. The van der Waals surface area contributed by atoms with Crippen molar-refractivity contribution in [3.63, 3.8) is 0 Å². The Morgan fingerprint density at radius 1 is 0.970 bits per heavy atom. The van der Waals surface area contributed by atoms with E-state index in [4.69, 9.17) is 9.47 Å². The number of anilines is 1. The van der Waals surface area contributed by atoms with Gasteiger partial charge in [0.05, 0.1) is 19.8 Å². The quantitative estimate of drug-likeness (QED) is 0.691. The van der Waals surface area contributed by atoms with Gasteiger partial charge in [0.15, 0.2) is 5.78 Å². The number of hydrogen-bond acceptors (Lipinski definition) is 6. The van der Waals surface area contributed by atoms with Crippen LogP contribution in [-0.2, 0) is 14.3 Å². The summed E-state index contributed by atoms with van der Waals surface area (Å²) in [5.41, 5.74) is 5.84. The van der Waals surface area contributed by atoms with E-state index in [0.29, 0.717) is 24.0 Å². The standard InChI is InChI=1S/C27H30N2O4/c1-16-24(27(31)33-5)25(18-6-10-20(11-7-18)29(2)3)26-22(28-16)14-19(15-23(26)30)17-8-12-21(32-4)13-9-17/h6-13,19,25,28H,14-15H2,1-5H3/t19-,25+/m1/s1. The zero-order valence-electron chi connectivity index (χ0n) is 19.8. The lowest BCUT2D eigenvalue weighted by molar-refractivity contribution is -0.136. The van der Waals surface area contributed by atoms with Crippen molar-refractivity contribution in [2.24, 2.45) is 0 Å². The summed E-state index contributed by atoms with van der Waals surface area (Å²) in [6, 6.07) is 15.9. The molecular weight excluding hydrogens is 416 g/mol. The Bertz CT molecular complexity index is 1130. The number of hydrogen-bond donors (Lipinski definition) is 1. The Balaban J connectivity index is 1.76. The van der Waals surface area contributed by atoms with Crippen molar-refractivity contribution in [3.05, 3.63) is 82.2 Å². The summed E-state index contributed by atoms with van der Waals surface area (Å²) in [7, 11) is 6.98. The van der Waals surface area contributed by atoms with E-state index >= 15 is 0 Å². The lowest BCUT2D eigenvalue weighted by Gasteiger charge is -2.36. The fourth-order valence-electron chi connectivity index (χ4n) is 4.83. The highest BCUT2D eigenvalue weighted by molar-refractivity contribution is 6.04. The Labute approximate surface area is 194 Å². The molecule has 0 radical (unpaired) electrons. The molecule has 1 heterocycles. The van der Waals surface area contributed by atoms with E-state index in [2.05, 4.69) is 5.32 Å². The smallest absolute Gasteiger partial charge is 0.336 e. The molecule has 172 valence electrons. The van der Waals surface area contributed by atoms with Crippen molar-refractivity contribution in [1.29, 1.82) is 0 Å². The lowest BCUT2D eigenvalue weighted by atomic mass is 9.71. The molecule has 0 saturated carbocycles. The molecule has 2 aromatic rings. The summed E-state index contributed by atoms with van der Waals surface area (Å²) in [5.74, 6) is 0.0471. The van der Waals surface area contributed by atoms with E-state index in [0.717, 1.165) is 34.0 Å². The molecule has 1 aliphatic heterocycles. The van der Waals surface area contributed by atoms with Crippen molar-refractivity contribution in [2.45, 2.75) is 31.6 Å². The molecule has 6 nitrogen and oxygen atoms in total. The van der Waals surface area contributed by atoms with Crippen LogP contribution in [0.25, 0.3) is 0 Å². The molecule has 0 spiro atoms. The molecule has 2 aromatic carbocycles. The molecule has 0 bridgehead atoms. The van der Waals surface area contributed by atoms with Crippen molar-refractivity contribution < 1.29 is 19.1 Å². The number of methoxy groups -OCH3 is 2. The molecule has 0 unspecified atom stereocenters. The molecule has 0 fully saturated rings. The minimum absolute atomic E-state index is 0.0557. The number of carbonyl (C=O) groups excluding carboxylic acids is 2. The summed E-state index contributed by atoms with van der Waals surface area (Å²) in [5, 5.41) is 3.37. The average molecular weight is 447 g/mol. The van der Waals surface area contributed by atoms with Crippen LogP contribution in [0.4, 0.5) is 5.69 Å². The van der Waals surface area contributed by atoms with Gasteiger partial charge < -0.3 is 19.7 Å². The van der Waals surface area contributed by atoms with E-state index in [9.17, 15) is 9.59 Å². The van der Waals surface area contributed by atoms with Crippen molar-refractivity contribution in [3.8, 4) is 5.75 Å². The number of nitrogens with zero attached hydrogens (tertiary/aromatic N) is 1. The Morgan fingerprint density at radius 2 is 1.61 bits per heavy atom. The van der Waals surface area contributed by atoms with E-state index in [-0.39, 0.29) is 11.7 Å². The zero-order valence-corrected chi connectivity index (χ0v) is 19.8. The number of esters is 1. The van der Waals surface area contributed by atoms with Crippen LogP contribution in [0, 0.1) is 0 Å². The fourth-order valence-corrected chi connectivity index (χ4v) is 4.83. The zero-order chi connectivity index (χ0) is 23.7. The molecule has 1 aliphatic carbocycles. The summed E-state index contributed by atoms with van der Waals surface area (Å²) >= 11 is 0. The number of dihydropyridines is 1. The van der Waals surface area contributed by atoms with Crippen molar-refractivity contribution in [2.75, 3.05) is 33.2 Å². The van der Waals surface area contributed by atoms with Gasteiger partial charge in [-0.2, -0.15) is 0 Å². The fraction of sp³-hybridized carbons (Fsp3) is 0.333. The van der Waals surface area contributed by atoms with Gasteiger partial charge in [0.1, 0.15) is 5.75 Å². The topological polar surface area (TPSA) is 67.9 Å². The van der Waals surface area contributed by atoms with E-state index in [1.807, 2.05) is 74.4 Å². The molecule has 2 atom stereocenters. The average Bonchev–Trinajstić information content (AvgIpc) is 2.82. The minimum Gasteiger partial charge on any atom is -0.497 e. The number of benzene rings is 2. The molecule has 6 heteroatoms. The van der Waals surface area contributed by atoms with Gasteiger partial charge in [-0.15, -0.1) is 0 Å². The molecular formula is C27H30N2O4. The van der Waals surface area contributed by atoms with Gasteiger partial charge in [-0.1, -0.05) is 24.3 Å². The molecule has 4 rings (SSSR count). The van der Waals surface area contributed by atoms with Gasteiger partial charge in [-0.3, -0.25) is 4.79 Å². The Morgan fingerprint density at radius 3 is 2.18 bits per heavy atom. The predicted octanol–water partition coefficient (Wildman–Crippen LogP) is 4.30. The number of rotatable bonds is 5. The number of ether oxygens (including phenoxy) is 2. The van der Waals surface area contributed by atoms with Gasteiger partial charge in [0, 0.05) is 49.1 Å². The summed E-state index contributed by atoms with van der Waals surface area (Å²) in [6.45, 7) is 1.87. The van der Waals surface area contributed by atoms with Crippen LogP contribution in [0.3, 0.4) is 0 Å². The van der Waals surface area contributed by atoms with Crippen LogP contribution < -0.4 is 15.0 Å². The molecule has 2 aliphatic rings. The highest BCUT2D eigenvalue weighted by Gasteiger charge is 2.41. The number of nitrogens with one attached hydrogen (secondary N) is 1. The normalized spacial score (nSPS) is 20.2. The van der Waals surface area contributed by atoms with Crippen molar-refractivity contribution >= 4 is 17.4 Å². The van der Waals surface area contributed by atoms with E-state index in [1.165, 1.54) is 7.11 Å². The lowest BCUT2D eigenvalue weighted by Crippen LogP contribution is -2.36. The van der Waals surface area contributed by atoms with Crippen LogP contribution in [0.5, 0.6) is 5.75 Å². The van der Waals surface area contributed by atoms with Gasteiger partial charge in [-0.25, -0.2) is 4.79 Å². The first-order chi connectivity index (χ1) is 15.8. The number of Topliss-reactive ketones (excluding diaryl/α,β-unsaturated/α-hetero) is 1. The second kappa shape index (κ2) is 9.14. The van der Waals surface area contributed by atoms with Gasteiger partial charge in [0.2, 0.25) is 0 Å². The van der Waals surface area contributed by atoms with Crippen molar-refractivity contribution in [1.82, 2.24) is 5.32 Å². The van der Waals surface area contributed by atoms with Crippen LogP contribution >= 0.6 is 0 Å². The van der Waals surface area contributed by atoms with Crippen LogP contribution in [-0.4, -0.2) is 40.1 Å². The second-order valence-corrected chi connectivity index (χ2v) is 8.77. The molecule has 33 heavy (non-hydrogen) atoms. The Hall–Kier alpha value is -3.54. The first-order valence-electron chi connectivity index (χ1n) is 11.1. The largest absolute Gasteiger partial charge is 0.497 e. The van der Waals surface area contributed by atoms with Crippen LogP contribution in [0.1, 0.15) is 42.7 Å². The van der Waals surface area contributed by atoms with Gasteiger partial charge >= 0.3 is 5.97 Å². The van der Waals surface area contributed by atoms with Crippen LogP contribution in [0.2, 0.25) is 0 Å². The predicted molar refractivity (Wildman–Crippen MR) is 128 cm³/mol. The van der Waals surface area contributed by atoms with Gasteiger partial charge in [0.25, 0.3) is 0 Å². The third kappa shape index (κ3) is 4.25. The van der Waals surface area contributed by atoms with Crippen LogP contribution in [0.15, 0.2) is 71.1 Å². The highest BCUT2D eigenvalue weighted by atomic mass is 16.5. The highest BCUT2D eigenvalue weighted by Crippen LogP contribution is 2.46. The molecule has 0 amide bonds. The molecule has 1 N–H and O–H groups in total. The van der Waals surface area contributed by atoms with E-state index < -0.39 is 11.9 Å². The summed E-state index contributed by atoms with van der Waals surface area (Å²) in [6.07, 6.45) is 1.10. The Kier molecular flexibility index (Phi) is 6.27. The number of ketones is 1. The first kappa shape index (κ1) is 22.6. The monoisotopic (exact) mass is 446 g/mol. The maximum atomic E-state index is 13.6. The molecule has 0 saturated heterocycles. The maximum absolute atomic E-state index is 13.6.